The van der Waals surface area contributed by atoms with Gasteiger partial charge < -0.3 is 15.2 Å². The Bertz CT molecular complexity index is 1110. The minimum atomic E-state index is -0.484. The number of amides is 1. The molecule has 4 aromatic rings. The van der Waals surface area contributed by atoms with Crippen LogP contribution in [0.4, 0.5) is 5.82 Å². The molecule has 0 spiro atoms. The van der Waals surface area contributed by atoms with Crippen molar-refractivity contribution in [1.82, 2.24) is 15.1 Å². The Labute approximate surface area is 155 Å². The van der Waals surface area contributed by atoms with Gasteiger partial charge in [0.1, 0.15) is 11.5 Å². The maximum absolute atomic E-state index is 11.8. The summed E-state index contributed by atoms with van der Waals surface area (Å²) in [6.45, 7) is 0.441. The average molecular weight is 359 g/mol. The number of para-hydroxylation sites is 1. The zero-order chi connectivity index (χ0) is 18.8. The molecular weight excluding hydrogens is 342 g/mol. The molecule has 0 atom stereocenters. The topological polar surface area (TPSA) is 98.1 Å². The summed E-state index contributed by atoms with van der Waals surface area (Å²) < 4.78 is 5.44. The van der Waals surface area contributed by atoms with Gasteiger partial charge in [-0.15, -0.1) is 0 Å². The van der Waals surface area contributed by atoms with Crippen molar-refractivity contribution >= 4 is 22.6 Å². The second-order valence-corrected chi connectivity index (χ2v) is 6.19. The summed E-state index contributed by atoms with van der Waals surface area (Å²) in [6, 6.07) is 14.8. The number of hydrogen-bond acceptors (Lipinski definition) is 6. The van der Waals surface area contributed by atoms with Crippen LogP contribution in [0.1, 0.15) is 16.1 Å². The van der Waals surface area contributed by atoms with E-state index in [-0.39, 0.29) is 0 Å². The van der Waals surface area contributed by atoms with Crippen molar-refractivity contribution in [1.29, 1.82) is 0 Å². The number of hydrogen-bond donors (Lipinski definition) is 1. The van der Waals surface area contributed by atoms with Crippen LogP contribution in [0, 0.1) is 0 Å². The number of pyridine rings is 2. The Hall–Kier alpha value is -3.74. The maximum atomic E-state index is 11.8. The first-order valence-corrected chi connectivity index (χ1v) is 8.38. The summed E-state index contributed by atoms with van der Waals surface area (Å²) in [6.07, 6.45) is 3.44. The predicted molar refractivity (Wildman–Crippen MR) is 102 cm³/mol. The summed E-state index contributed by atoms with van der Waals surface area (Å²) in [7, 11) is 1.87. The quantitative estimate of drug-likeness (QED) is 0.588. The molecule has 3 heterocycles. The van der Waals surface area contributed by atoms with Crippen LogP contribution in [0.5, 0.6) is 0 Å². The van der Waals surface area contributed by atoms with E-state index in [0.29, 0.717) is 29.2 Å². The number of carbonyl (C=O) groups excluding carboxylic acids is 1. The first-order chi connectivity index (χ1) is 13.1. The van der Waals surface area contributed by atoms with Crippen molar-refractivity contribution in [2.75, 3.05) is 11.9 Å². The molecule has 0 saturated carbocycles. The van der Waals surface area contributed by atoms with E-state index in [1.165, 1.54) is 0 Å². The van der Waals surface area contributed by atoms with Gasteiger partial charge in [0.25, 0.3) is 0 Å². The molecule has 7 heteroatoms. The zero-order valence-electron chi connectivity index (χ0n) is 14.7. The Balaban J connectivity index is 1.63. The molecule has 1 aromatic carbocycles. The van der Waals surface area contributed by atoms with Crippen molar-refractivity contribution in [3.05, 3.63) is 72.2 Å². The van der Waals surface area contributed by atoms with Crippen LogP contribution in [0.3, 0.4) is 0 Å². The van der Waals surface area contributed by atoms with Crippen molar-refractivity contribution in [3.63, 3.8) is 0 Å². The van der Waals surface area contributed by atoms with E-state index in [0.717, 1.165) is 16.6 Å². The molecule has 0 radical (unpaired) electrons. The van der Waals surface area contributed by atoms with Crippen LogP contribution in [0.25, 0.3) is 22.2 Å². The van der Waals surface area contributed by atoms with Gasteiger partial charge in [-0.3, -0.25) is 9.78 Å². The first-order valence-electron chi connectivity index (χ1n) is 8.38. The molecule has 27 heavy (non-hydrogen) atoms. The largest absolute Gasteiger partial charge is 0.366 e. The van der Waals surface area contributed by atoms with Gasteiger partial charge in [0.2, 0.25) is 5.91 Å². The van der Waals surface area contributed by atoms with E-state index < -0.39 is 5.91 Å². The monoisotopic (exact) mass is 359 g/mol. The van der Waals surface area contributed by atoms with Crippen LogP contribution in [-0.4, -0.2) is 28.1 Å². The molecule has 2 N–H and O–H groups in total. The van der Waals surface area contributed by atoms with E-state index >= 15 is 0 Å². The predicted octanol–water partition coefficient (Wildman–Crippen LogP) is 3.02. The number of rotatable bonds is 5. The highest BCUT2D eigenvalue weighted by atomic mass is 16.5. The Morgan fingerprint density at radius 2 is 2.04 bits per heavy atom. The number of carbonyl (C=O) groups is 1. The van der Waals surface area contributed by atoms with E-state index in [9.17, 15) is 4.79 Å². The van der Waals surface area contributed by atoms with Crippen LogP contribution < -0.4 is 10.6 Å². The highest BCUT2D eigenvalue weighted by molar-refractivity contribution is 6.06. The number of primary amides is 1. The van der Waals surface area contributed by atoms with Gasteiger partial charge in [0.15, 0.2) is 5.76 Å². The fourth-order valence-corrected chi connectivity index (χ4v) is 2.91. The lowest BCUT2D eigenvalue weighted by Gasteiger charge is -2.18. The van der Waals surface area contributed by atoms with Crippen LogP contribution in [-0.2, 0) is 6.54 Å². The SMILES string of the molecule is CN(Cc1cc(-c2cccnc2)no1)c1cc(C(N)=O)c2ccccc2n1. The van der Waals surface area contributed by atoms with E-state index in [2.05, 4.69) is 15.1 Å². The summed E-state index contributed by atoms with van der Waals surface area (Å²) in [4.78, 5) is 22.4. The second kappa shape index (κ2) is 6.87. The van der Waals surface area contributed by atoms with Gasteiger partial charge in [0.05, 0.1) is 17.6 Å². The fraction of sp³-hybridized carbons (Fsp3) is 0.100. The van der Waals surface area contributed by atoms with Gasteiger partial charge in [-0.2, -0.15) is 0 Å². The third-order valence-electron chi connectivity index (χ3n) is 4.27. The first kappa shape index (κ1) is 16.7. The Morgan fingerprint density at radius 1 is 1.19 bits per heavy atom. The van der Waals surface area contributed by atoms with E-state index in [4.69, 9.17) is 10.3 Å². The number of nitrogens with two attached hydrogens (primary N) is 1. The molecule has 3 aromatic heterocycles. The normalized spacial score (nSPS) is 10.9. The maximum Gasteiger partial charge on any atom is 0.249 e. The fourth-order valence-electron chi connectivity index (χ4n) is 2.91. The molecule has 0 bridgehead atoms. The van der Waals surface area contributed by atoms with Crippen molar-refractivity contribution in [3.8, 4) is 11.3 Å². The molecule has 0 aliphatic carbocycles. The highest BCUT2D eigenvalue weighted by Gasteiger charge is 2.15. The zero-order valence-corrected chi connectivity index (χ0v) is 14.7. The van der Waals surface area contributed by atoms with Crippen molar-refractivity contribution in [2.24, 2.45) is 5.73 Å². The van der Waals surface area contributed by atoms with Crippen LogP contribution in [0.15, 0.2) is 65.4 Å². The lowest BCUT2D eigenvalue weighted by molar-refractivity contribution is 0.100. The molecule has 0 fully saturated rings. The highest BCUT2D eigenvalue weighted by Crippen LogP contribution is 2.24. The summed E-state index contributed by atoms with van der Waals surface area (Å²) in [5.41, 5.74) is 8.31. The third-order valence-corrected chi connectivity index (χ3v) is 4.27. The molecule has 4 rings (SSSR count). The standard InChI is InChI=1S/C20H17N5O2/c1-25(12-14-9-18(24-27-14)13-5-4-8-22-11-13)19-10-16(20(21)26)15-6-2-3-7-17(15)23-19/h2-11H,12H2,1H3,(H2,21,26). The van der Waals surface area contributed by atoms with Gasteiger partial charge in [-0.25, -0.2) is 4.98 Å². The van der Waals surface area contributed by atoms with Gasteiger partial charge in [0, 0.05) is 36.5 Å². The number of nitrogens with zero attached hydrogens (tertiary/aromatic N) is 4. The van der Waals surface area contributed by atoms with Gasteiger partial charge in [-0.05, 0) is 24.3 Å². The Kier molecular flexibility index (Phi) is 4.25. The molecule has 0 aliphatic heterocycles. The third kappa shape index (κ3) is 3.35. The number of anilines is 1. The van der Waals surface area contributed by atoms with Gasteiger partial charge in [-0.1, -0.05) is 23.4 Å². The molecule has 1 amide bonds. The summed E-state index contributed by atoms with van der Waals surface area (Å²) >= 11 is 0. The lowest BCUT2D eigenvalue weighted by atomic mass is 10.1. The molecule has 0 saturated heterocycles. The average Bonchev–Trinajstić information content (AvgIpc) is 3.16. The van der Waals surface area contributed by atoms with Crippen LogP contribution >= 0.6 is 0 Å². The molecule has 7 nitrogen and oxygen atoms in total. The number of aromatic nitrogens is 3. The van der Waals surface area contributed by atoms with Crippen molar-refractivity contribution in [2.45, 2.75) is 6.54 Å². The lowest BCUT2D eigenvalue weighted by Crippen LogP contribution is -2.19. The second-order valence-electron chi connectivity index (χ2n) is 6.19. The molecule has 134 valence electrons. The van der Waals surface area contributed by atoms with Gasteiger partial charge >= 0.3 is 0 Å². The molecular formula is C20H17N5O2. The van der Waals surface area contributed by atoms with E-state index in [1.54, 1.807) is 18.5 Å². The summed E-state index contributed by atoms with van der Waals surface area (Å²) in [5.74, 6) is 0.815. The molecule has 0 unspecified atom stereocenters. The minimum absolute atomic E-state index is 0.441. The number of fused-ring (bicyclic) bond motifs is 1. The van der Waals surface area contributed by atoms with Crippen LogP contribution in [0.2, 0.25) is 0 Å². The smallest absolute Gasteiger partial charge is 0.249 e. The minimum Gasteiger partial charge on any atom is -0.366 e. The van der Waals surface area contributed by atoms with E-state index in [1.807, 2.05) is 54.4 Å². The Morgan fingerprint density at radius 3 is 2.81 bits per heavy atom. The number of benzene rings is 1. The molecule has 0 aliphatic rings. The van der Waals surface area contributed by atoms with Crippen molar-refractivity contribution < 1.29 is 9.32 Å². The summed E-state index contributed by atoms with van der Waals surface area (Å²) in [5, 5.41) is 4.83.